The van der Waals surface area contributed by atoms with Gasteiger partial charge in [-0.25, -0.2) is 9.59 Å². The van der Waals surface area contributed by atoms with E-state index in [1.54, 1.807) is 24.3 Å². The standard InChI is InChI=1S/C13H13N3O5/c14-5-9-2-1-3-10(4-9)6-15-13(20)16-11(17)7-21-8-12(18)19/h1-4H,6-8H2,(H,18,19)(H2,15,16,17,20). The number of amides is 3. The molecule has 3 amide bonds. The van der Waals surface area contributed by atoms with Crippen molar-refractivity contribution in [1.29, 1.82) is 5.26 Å². The molecule has 0 aliphatic rings. The third-order valence-electron chi connectivity index (χ3n) is 2.22. The monoisotopic (exact) mass is 291 g/mol. The van der Waals surface area contributed by atoms with Crippen LogP contribution >= 0.6 is 0 Å². The Bertz CT molecular complexity index is 579. The summed E-state index contributed by atoms with van der Waals surface area (Å²) in [6, 6.07) is 7.88. The van der Waals surface area contributed by atoms with E-state index in [1.165, 1.54) is 0 Å². The Hall–Kier alpha value is -2.92. The van der Waals surface area contributed by atoms with Gasteiger partial charge in [0.1, 0.15) is 13.2 Å². The van der Waals surface area contributed by atoms with Crippen molar-refractivity contribution in [3.63, 3.8) is 0 Å². The van der Waals surface area contributed by atoms with Gasteiger partial charge in [0.2, 0.25) is 0 Å². The third-order valence-corrected chi connectivity index (χ3v) is 2.22. The summed E-state index contributed by atoms with van der Waals surface area (Å²) in [6.45, 7) is -0.996. The number of benzene rings is 1. The fourth-order valence-corrected chi connectivity index (χ4v) is 1.37. The minimum Gasteiger partial charge on any atom is -0.480 e. The van der Waals surface area contributed by atoms with Gasteiger partial charge >= 0.3 is 12.0 Å². The maximum absolute atomic E-state index is 11.4. The average Bonchev–Trinajstić information content (AvgIpc) is 2.45. The molecule has 1 aromatic rings. The Kier molecular flexibility index (Phi) is 6.37. The molecule has 0 bridgehead atoms. The van der Waals surface area contributed by atoms with E-state index in [-0.39, 0.29) is 6.54 Å². The first-order chi connectivity index (χ1) is 10.0. The molecule has 0 aliphatic heterocycles. The molecule has 8 heteroatoms. The topological polar surface area (TPSA) is 129 Å². The summed E-state index contributed by atoms with van der Waals surface area (Å²) in [5.74, 6) is -1.95. The number of carbonyl (C=O) groups is 3. The van der Waals surface area contributed by atoms with Gasteiger partial charge in [0, 0.05) is 6.54 Å². The number of carboxylic acids is 1. The second kappa shape index (κ2) is 8.29. The highest BCUT2D eigenvalue weighted by Gasteiger charge is 2.08. The number of aliphatic carboxylic acids is 1. The Balaban J connectivity index is 2.32. The van der Waals surface area contributed by atoms with Crippen LogP contribution in [0.1, 0.15) is 11.1 Å². The molecule has 0 radical (unpaired) electrons. The highest BCUT2D eigenvalue weighted by atomic mass is 16.5. The van der Waals surface area contributed by atoms with Crippen molar-refractivity contribution in [3.8, 4) is 6.07 Å². The molecule has 8 nitrogen and oxygen atoms in total. The van der Waals surface area contributed by atoms with Crippen LogP contribution in [0.15, 0.2) is 24.3 Å². The summed E-state index contributed by atoms with van der Waals surface area (Å²) in [7, 11) is 0. The minimum atomic E-state index is -1.20. The van der Waals surface area contributed by atoms with Crippen LogP contribution in [-0.4, -0.2) is 36.2 Å². The van der Waals surface area contributed by atoms with E-state index in [0.29, 0.717) is 11.1 Å². The molecule has 0 heterocycles. The normalized spacial score (nSPS) is 9.48. The predicted molar refractivity (Wildman–Crippen MR) is 70.0 cm³/mol. The molecular formula is C13H13N3O5. The van der Waals surface area contributed by atoms with Crippen LogP contribution in [0.25, 0.3) is 0 Å². The molecule has 0 spiro atoms. The van der Waals surface area contributed by atoms with Crippen molar-refractivity contribution in [3.05, 3.63) is 35.4 Å². The number of rotatable bonds is 6. The highest BCUT2D eigenvalue weighted by Crippen LogP contribution is 2.03. The molecule has 0 saturated carbocycles. The number of nitriles is 1. The molecular weight excluding hydrogens is 278 g/mol. The lowest BCUT2D eigenvalue weighted by Crippen LogP contribution is -2.41. The molecule has 0 unspecified atom stereocenters. The number of nitrogens with zero attached hydrogens (tertiary/aromatic N) is 1. The lowest BCUT2D eigenvalue weighted by molar-refractivity contribution is -0.143. The Morgan fingerprint density at radius 3 is 2.71 bits per heavy atom. The van der Waals surface area contributed by atoms with E-state index in [9.17, 15) is 14.4 Å². The van der Waals surface area contributed by atoms with Crippen LogP contribution in [0.2, 0.25) is 0 Å². The van der Waals surface area contributed by atoms with Gasteiger partial charge in [0.05, 0.1) is 11.6 Å². The van der Waals surface area contributed by atoms with Gasteiger partial charge in [-0.2, -0.15) is 5.26 Å². The van der Waals surface area contributed by atoms with Crippen molar-refractivity contribution in [2.45, 2.75) is 6.54 Å². The Morgan fingerprint density at radius 2 is 2.05 bits per heavy atom. The van der Waals surface area contributed by atoms with Crippen LogP contribution in [0.5, 0.6) is 0 Å². The van der Waals surface area contributed by atoms with Crippen molar-refractivity contribution in [1.82, 2.24) is 10.6 Å². The van der Waals surface area contributed by atoms with Crippen LogP contribution in [0.4, 0.5) is 4.79 Å². The van der Waals surface area contributed by atoms with E-state index >= 15 is 0 Å². The average molecular weight is 291 g/mol. The third kappa shape index (κ3) is 6.70. The Labute approximate surface area is 120 Å². The Morgan fingerprint density at radius 1 is 1.29 bits per heavy atom. The van der Waals surface area contributed by atoms with E-state index in [1.807, 2.05) is 11.4 Å². The largest absolute Gasteiger partial charge is 0.480 e. The molecule has 0 fully saturated rings. The van der Waals surface area contributed by atoms with Crippen molar-refractivity contribution >= 4 is 17.9 Å². The van der Waals surface area contributed by atoms with Crippen LogP contribution in [0.3, 0.4) is 0 Å². The summed E-state index contributed by atoms with van der Waals surface area (Å²) in [4.78, 5) is 32.8. The molecule has 110 valence electrons. The second-order valence-corrected chi connectivity index (χ2v) is 3.93. The van der Waals surface area contributed by atoms with Gasteiger partial charge in [0.15, 0.2) is 0 Å². The van der Waals surface area contributed by atoms with E-state index in [4.69, 9.17) is 10.4 Å². The number of nitrogens with one attached hydrogen (secondary N) is 2. The quantitative estimate of drug-likeness (QED) is 0.676. The number of carboxylic acid groups (broad SMARTS) is 1. The van der Waals surface area contributed by atoms with Gasteiger partial charge in [0.25, 0.3) is 5.91 Å². The lowest BCUT2D eigenvalue weighted by Gasteiger charge is -2.07. The minimum absolute atomic E-state index is 0.143. The highest BCUT2D eigenvalue weighted by molar-refractivity contribution is 5.94. The zero-order chi connectivity index (χ0) is 15.7. The van der Waals surface area contributed by atoms with Gasteiger partial charge in [-0.15, -0.1) is 0 Å². The molecule has 1 rings (SSSR count). The number of hydrogen-bond acceptors (Lipinski definition) is 5. The van der Waals surface area contributed by atoms with E-state index < -0.39 is 31.1 Å². The van der Waals surface area contributed by atoms with Crippen LogP contribution in [0, 0.1) is 11.3 Å². The summed E-state index contributed by atoms with van der Waals surface area (Å²) in [6.07, 6.45) is 0. The maximum Gasteiger partial charge on any atom is 0.329 e. The van der Waals surface area contributed by atoms with Gasteiger partial charge < -0.3 is 15.2 Å². The van der Waals surface area contributed by atoms with Crippen molar-refractivity contribution in [2.75, 3.05) is 13.2 Å². The van der Waals surface area contributed by atoms with Gasteiger partial charge in [-0.3, -0.25) is 10.1 Å². The second-order valence-electron chi connectivity index (χ2n) is 3.93. The molecule has 1 aromatic carbocycles. The predicted octanol–water partition coefficient (Wildman–Crippen LogP) is -0.0147. The van der Waals surface area contributed by atoms with Crippen LogP contribution in [-0.2, 0) is 20.9 Å². The number of carbonyl (C=O) groups excluding carboxylic acids is 2. The van der Waals surface area contributed by atoms with E-state index in [0.717, 1.165) is 0 Å². The summed E-state index contributed by atoms with van der Waals surface area (Å²) >= 11 is 0. The first kappa shape index (κ1) is 16.1. The zero-order valence-electron chi connectivity index (χ0n) is 11.0. The maximum atomic E-state index is 11.4. The van der Waals surface area contributed by atoms with Gasteiger partial charge in [-0.05, 0) is 17.7 Å². The number of imide groups is 1. The molecule has 0 saturated heterocycles. The molecule has 0 atom stereocenters. The molecule has 3 N–H and O–H groups in total. The number of hydrogen-bond donors (Lipinski definition) is 3. The lowest BCUT2D eigenvalue weighted by atomic mass is 10.1. The summed E-state index contributed by atoms with van der Waals surface area (Å²) in [5, 5.41) is 21.4. The SMILES string of the molecule is N#Cc1cccc(CNC(=O)NC(=O)COCC(=O)O)c1. The van der Waals surface area contributed by atoms with Crippen molar-refractivity contribution in [2.24, 2.45) is 0 Å². The summed E-state index contributed by atoms with van der Waals surface area (Å²) in [5.41, 5.74) is 1.17. The zero-order valence-corrected chi connectivity index (χ0v) is 11.0. The smallest absolute Gasteiger partial charge is 0.329 e. The summed E-state index contributed by atoms with van der Waals surface area (Å²) < 4.78 is 4.52. The fourth-order valence-electron chi connectivity index (χ4n) is 1.37. The molecule has 0 aliphatic carbocycles. The molecule has 0 aromatic heterocycles. The van der Waals surface area contributed by atoms with Crippen molar-refractivity contribution < 1.29 is 24.2 Å². The number of ether oxygens (including phenoxy) is 1. The van der Waals surface area contributed by atoms with Gasteiger partial charge in [-0.1, -0.05) is 12.1 Å². The first-order valence-corrected chi connectivity index (χ1v) is 5.87. The fraction of sp³-hybridized carbons (Fsp3) is 0.231. The first-order valence-electron chi connectivity index (χ1n) is 5.87. The number of urea groups is 1. The molecule has 21 heavy (non-hydrogen) atoms. The van der Waals surface area contributed by atoms with E-state index in [2.05, 4.69) is 10.1 Å². The van der Waals surface area contributed by atoms with Crippen LogP contribution < -0.4 is 10.6 Å².